The minimum Gasteiger partial charge on any atom is -0.396 e. The fourth-order valence-electron chi connectivity index (χ4n) is 2.73. The van der Waals surface area contributed by atoms with Gasteiger partial charge in [0.2, 0.25) is 0 Å². The quantitative estimate of drug-likeness (QED) is 0.820. The molecule has 0 bridgehead atoms. The Balaban J connectivity index is 2.48. The van der Waals surface area contributed by atoms with Crippen molar-refractivity contribution in [3.8, 4) is 0 Å². The summed E-state index contributed by atoms with van der Waals surface area (Å²) in [5, 5.41) is 14.1. The number of aryl methyl sites for hydroxylation is 1. The van der Waals surface area contributed by atoms with Crippen molar-refractivity contribution in [2.75, 3.05) is 23.9 Å². The van der Waals surface area contributed by atoms with E-state index in [1.165, 1.54) is 16.6 Å². The Bertz CT molecular complexity index is 595. The number of para-hydroxylation sites is 1. The van der Waals surface area contributed by atoms with Gasteiger partial charge < -0.3 is 10.4 Å². The maximum atomic E-state index is 9.27. The molecule has 0 amide bonds. The highest BCUT2D eigenvalue weighted by Gasteiger charge is 2.15. The summed E-state index contributed by atoms with van der Waals surface area (Å²) >= 11 is 1.80. The molecule has 0 fully saturated rings. The molecule has 1 heterocycles. The van der Waals surface area contributed by atoms with Gasteiger partial charge in [0.05, 0.1) is 5.52 Å². The van der Waals surface area contributed by atoms with E-state index in [4.69, 9.17) is 4.98 Å². The fourth-order valence-corrected chi connectivity index (χ4v) is 3.38. The lowest BCUT2D eigenvalue weighted by Gasteiger charge is -2.22. The van der Waals surface area contributed by atoms with Crippen LogP contribution in [0.3, 0.4) is 0 Å². The van der Waals surface area contributed by atoms with Crippen LogP contribution in [0.5, 0.6) is 0 Å². The van der Waals surface area contributed by atoms with E-state index in [2.05, 4.69) is 43.6 Å². The normalized spacial score (nSPS) is 12.6. The Hall–Kier alpha value is -1.26. The predicted molar refractivity (Wildman–Crippen MR) is 93.4 cm³/mol. The lowest BCUT2D eigenvalue weighted by atomic mass is 10.0. The summed E-state index contributed by atoms with van der Waals surface area (Å²) in [6, 6.07) is 8.54. The van der Waals surface area contributed by atoms with E-state index in [1.807, 2.05) is 6.07 Å². The average molecular weight is 304 g/mol. The van der Waals surface area contributed by atoms with Crippen molar-refractivity contribution in [3.63, 3.8) is 0 Å². The molecule has 0 saturated carbocycles. The molecular formula is C17H24N2OS. The van der Waals surface area contributed by atoms with Crippen LogP contribution in [0.2, 0.25) is 0 Å². The van der Waals surface area contributed by atoms with Gasteiger partial charge in [-0.15, -0.1) is 0 Å². The number of nitrogens with one attached hydrogen (secondary N) is 1. The molecule has 2 rings (SSSR count). The molecule has 2 aromatic rings. The average Bonchev–Trinajstić information content (AvgIpc) is 2.48. The Labute approximate surface area is 131 Å². The minimum absolute atomic E-state index is 0.210. The molecule has 1 aromatic carbocycles. The van der Waals surface area contributed by atoms with Crippen molar-refractivity contribution in [1.29, 1.82) is 0 Å². The Morgan fingerprint density at radius 2 is 2.10 bits per heavy atom. The van der Waals surface area contributed by atoms with Gasteiger partial charge in [0.1, 0.15) is 0 Å². The highest BCUT2D eigenvalue weighted by molar-refractivity contribution is 7.98. The zero-order valence-electron chi connectivity index (χ0n) is 13.0. The number of benzene rings is 1. The first-order valence-electron chi connectivity index (χ1n) is 7.45. The van der Waals surface area contributed by atoms with E-state index in [0.29, 0.717) is 0 Å². The standard InChI is InChI=1S/C17H24N2OS/c1-4-14-12(2)18-16-8-6-5-7-15(16)17(14)19-13(9-10-20)11-21-3/h5-8,13,20H,4,9-11H2,1-3H3,(H,18,19). The Morgan fingerprint density at radius 1 is 1.33 bits per heavy atom. The molecule has 2 N–H and O–H groups in total. The van der Waals surface area contributed by atoms with Crippen LogP contribution in [0.1, 0.15) is 24.6 Å². The molecule has 3 nitrogen and oxygen atoms in total. The van der Waals surface area contributed by atoms with E-state index >= 15 is 0 Å². The first-order valence-corrected chi connectivity index (χ1v) is 8.85. The van der Waals surface area contributed by atoms with Crippen molar-refractivity contribution in [2.45, 2.75) is 32.7 Å². The van der Waals surface area contributed by atoms with Gasteiger partial charge >= 0.3 is 0 Å². The molecule has 0 radical (unpaired) electrons. The third-order valence-electron chi connectivity index (χ3n) is 3.75. The second-order valence-corrected chi connectivity index (χ2v) is 6.14. The number of rotatable bonds is 7. The number of hydrogen-bond acceptors (Lipinski definition) is 4. The molecule has 0 aliphatic carbocycles. The zero-order valence-corrected chi connectivity index (χ0v) is 13.8. The fraction of sp³-hybridized carbons (Fsp3) is 0.471. The van der Waals surface area contributed by atoms with Crippen LogP contribution >= 0.6 is 11.8 Å². The number of aliphatic hydroxyl groups excluding tert-OH is 1. The zero-order chi connectivity index (χ0) is 15.2. The van der Waals surface area contributed by atoms with Gasteiger partial charge in [0, 0.05) is 35.2 Å². The summed E-state index contributed by atoms with van der Waals surface area (Å²) in [5.74, 6) is 0.986. The SMILES string of the molecule is CCc1c(C)nc2ccccc2c1NC(CCO)CSC. The summed E-state index contributed by atoms with van der Waals surface area (Å²) in [6.45, 7) is 4.45. The highest BCUT2D eigenvalue weighted by atomic mass is 32.2. The lowest BCUT2D eigenvalue weighted by molar-refractivity contribution is 0.282. The van der Waals surface area contributed by atoms with Crippen LogP contribution in [-0.4, -0.2) is 34.7 Å². The second kappa shape index (κ2) is 7.66. The van der Waals surface area contributed by atoms with Crippen molar-refractivity contribution in [2.24, 2.45) is 0 Å². The number of fused-ring (bicyclic) bond motifs is 1. The van der Waals surface area contributed by atoms with E-state index in [0.717, 1.165) is 29.8 Å². The van der Waals surface area contributed by atoms with E-state index < -0.39 is 0 Å². The van der Waals surface area contributed by atoms with Crippen molar-refractivity contribution < 1.29 is 5.11 Å². The first-order chi connectivity index (χ1) is 10.2. The highest BCUT2D eigenvalue weighted by Crippen LogP contribution is 2.30. The van der Waals surface area contributed by atoms with Crippen molar-refractivity contribution in [1.82, 2.24) is 4.98 Å². The van der Waals surface area contributed by atoms with Crippen LogP contribution in [0.4, 0.5) is 5.69 Å². The predicted octanol–water partition coefficient (Wildman–Crippen LogP) is 3.63. The number of hydrogen-bond donors (Lipinski definition) is 2. The number of thioether (sulfide) groups is 1. The number of nitrogens with zero attached hydrogens (tertiary/aromatic N) is 1. The topological polar surface area (TPSA) is 45.2 Å². The van der Waals surface area contributed by atoms with Gasteiger partial charge in [-0.3, -0.25) is 4.98 Å². The molecule has 21 heavy (non-hydrogen) atoms. The van der Waals surface area contributed by atoms with E-state index in [1.54, 1.807) is 11.8 Å². The molecule has 0 spiro atoms. The third kappa shape index (κ3) is 3.69. The second-order valence-electron chi connectivity index (χ2n) is 5.23. The molecule has 114 valence electrons. The van der Waals surface area contributed by atoms with Crippen LogP contribution in [-0.2, 0) is 6.42 Å². The molecule has 4 heteroatoms. The minimum atomic E-state index is 0.210. The molecule has 0 aliphatic heterocycles. The summed E-state index contributed by atoms with van der Waals surface area (Å²) in [7, 11) is 0. The van der Waals surface area contributed by atoms with Gasteiger partial charge in [-0.2, -0.15) is 11.8 Å². The summed E-state index contributed by atoms with van der Waals surface area (Å²) in [6.07, 6.45) is 3.82. The number of anilines is 1. The molecule has 0 aliphatic rings. The van der Waals surface area contributed by atoms with Crippen molar-refractivity contribution in [3.05, 3.63) is 35.5 Å². The number of pyridine rings is 1. The molecule has 1 aromatic heterocycles. The summed E-state index contributed by atoms with van der Waals surface area (Å²) in [5.41, 5.74) is 4.58. The van der Waals surface area contributed by atoms with Gasteiger partial charge in [0.15, 0.2) is 0 Å². The van der Waals surface area contributed by atoms with Crippen LogP contribution in [0.25, 0.3) is 10.9 Å². The van der Waals surface area contributed by atoms with Gasteiger partial charge in [-0.05, 0) is 37.7 Å². The number of aliphatic hydroxyl groups is 1. The summed E-state index contributed by atoms with van der Waals surface area (Å²) in [4.78, 5) is 4.71. The largest absolute Gasteiger partial charge is 0.396 e. The molecular weight excluding hydrogens is 280 g/mol. The Morgan fingerprint density at radius 3 is 2.76 bits per heavy atom. The Kier molecular flexibility index (Phi) is 5.88. The first kappa shape index (κ1) is 16.1. The molecule has 1 atom stereocenters. The van der Waals surface area contributed by atoms with Gasteiger partial charge in [-0.25, -0.2) is 0 Å². The van der Waals surface area contributed by atoms with E-state index in [-0.39, 0.29) is 12.6 Å². The molecule has 1 unspecified atom stereocenters. The summed E-state index contributed by atoms with van der Waals surface area (Å²) < 4.78 is 0. The van der Waals surface area contributed by atoms with Crippen LogP contribution in [0, 0.1) is 6.92 Å². The van der Waals surface area contributed by atoms with E-state index in [9.17, 15) is 5.11 Å². The molecule has 0 saturated heterocycles. The van der Waals surface area contributed by atoms with Gasteiger partial charge in [0.25, 0.3) is 0 Å². The monoisotopic (exact) mass is 304 g/mol. The van der Waals surface area contributed by atoms with Crippen molar-refractivity contribution >= 4 is 28.4 Å². The van der Waals surface area contributed by atoms with Crippen LogP contribution in [0.15, 0.2) is 24.3 Å². The lowest BCUT2D eigenvalue weighted by Crippen LogP contribution is -2.24. The smallest absolute Gasteiger partial charge is 0.0726 e. The van der Waals surface area contributed by atoms with Gasteiger partial charge in [-0.1, -0.05) is 25.1 Å². The maximum Gasteiger partial charge on any atom is 0.0726 e. The maximum absolute atomic E-state index is 9.27. The van der Waals surface area contributed by atoms with Crippen LogP contribution < -0.4 is 5.32 Å². The third-order valence-corrected chi connectivity index (χ3v) is 4.48. The number of aromatic nitrogens is 1.